The van der Waals surface area contributed by atoms with Gasteiger partial charge >= 0.3 is 0 Å². The van der Waals surface area contributed by atoms with Gasteiger partial charge in [0.2, 0.25) is 0 Å². The number of fused-ring (bicyclic) bond motifs is 6. The summed E-state index contributed by atoms with van der Waals surface area (Å²) in [4.78, 5) is 5.09. The van der Waals surface area contributed by atoms with E-state index in [1.54, 1.807) is 0 Å². The van der Waals surface area contributed by atoms with Gasteiger partial charge in [0, 0.05) is 29.9 Å². The van der Waals surface area contributed by atoms with Crippen molar-refractivity contribution >= 4 is 33.2 Å². The molecule has 2 fully saturated rings. The number of hydrogen-bond acceptors (Lipinski definition) is 6. The molecule has 2 saturated heterocycles. The fourth-order valence-electron chi connectivity index (χ4n) is 7.25. The van der Waals surface area contributed by atoms with Crippen LogP contribution in [0.25, 0.3) is 44.1 Å². The lowest BCUT2D eigenvalue weighted by molar-refractivity contribution is 0.0300. The summed E-state index contributed by atoms with van der Waals surface area (Å²) in [6, 6.07) is 26.7. The molecule has 0 unspecified atom stereocenters. The standard InChI is InChI=1S/C36H34N6O2/c1(2-12-41-21-30-18-29(41)22-43-30)3-13-42-33-10-6-25(23-4-8-31-27(14-23)19-37-39-31)16-35(33)44-36-17-26(7-11-34(36)42)24-5-9-32-28(15-24)20-38-40-32/h4-11,14-17,19-20,29-30H,1-3,12-13,18,21-22H2,(H,37,39)(H,38,40)/t29-,30-/m0/s1. The average Bonchev–Trinajstić information content (AvgIpc) is 3.88. The highest BCUT2D eigenvalue weighted by Gasteiger charge is 2.38. The number of H-pyrrole nitrogens is 2. The lowest BCUT2D eigenvalue weighted by atomic mass is 10.00. The molecule has 0 amide bonds. The molecule has 5 heterocycles. The molecule has 2 N–H and O–H groups in total. The van der Waals surface area contributed by atoms with Crippen LogP contribution >= 0.6 is 0 Å². The Hall–Kier alpha value is -4.66. The Morgan fingerprint density at radius 2 is 1.27 bits per heavy atom. The van der Waals surface area contributed by atoms with Crippen LogP contribution in [0, 0.1) is 0 Å². The second-order valence-electron chi connectivity index (χ2n) is 12.4. The number of aromatic amines is 2. The summed E-state index contributed by atoms with van der Waals surface area (Å²) in [5, 5.41) is 16.7. The molecule has 3 aliphatic rings. The van der Waals surface area contributed by atoms with Crippen LogP contribution in [0.15, 0.2) is 85.2 Å². The van der Waals surface area contributed by atoms with Gasteiger partial charge in [0.1, 0.15) is 0 Å². The Morgan fingerprint density at radius 1 is 0.682 bits per heavy atom. The molecular weight excluding hydrogens is 548 g/mol. The van der Waals surface area contributed by atoms with Gasteiger partial charge in [-0.25, -0.2) is 0 Å². The van der Waals surface area contributed by atoms with Gasteiger partial charge in [0.05, 0.1) is 47.5 Å². The van der Waals surface area contributed by atoms with E-state index >= 15 is 0 Å². The number of rotatable bonds is 8. The Bertz CT molecular complexity index is 1870. The molecule has 6 aromatic rings. The second kappa shape index (κ2) is 10.5. The first-order valence-electron chi connectivity index (χ1n) is 15.7. The number of morpholine rings is 1. The zero-order chi connectivity index (χ0) is 29.0. The molecule has 8 nitrogen and oxygen atoms in total. The number of unbranched alkanes of at least 4 members (excludes halogenated alkanes) is 2. The average molecular weight is 583 g/mol. The van der Waals surface area contributed by atoms with E-state index < -0.39 is 0 Å². The van der Waals surface area contributed by atoms with Gasteiger partial charge in [0.25, 0.3) is 0 Å². The highest BCUT2D eigenvalue weighted by molar-refractivity contribution is 5.88. The summed E-state index contributed by atoms with van der Waals surface area (Å²) in [6.07, 6.45) is 8.97. The predicted octanol–water partition coefficient (Wildman–Crippen LogP) is 7.66. The number of benzene rings is 4. The van der Waals surface area contributed by atoms with Crippen molar-refractivity contribution in [1.82, 2.24) is 25.3 Å². The van der Waals surface area contributed by atoms with Crippen molar-refractivity contribution in [3.8, 4) is 33.8 Å². The van der Waals surface area contributed by atoms with Crippen molar-refractivity contribution < 1.29 is 9.47 Å². The fraction of sp³-hybridized carbons (Fsp3) is 0.278. The molecule has 4 aromatic carbocycles. The van der Waals surface area contributed by atoms with Crippen LogP contribution in [0.2, 0.25) is 0 Å². The molecule has 0 spiro atoms. The summed E-state index contributed by atoms with van der Waals surface area (Å²) >= 11 is 0. The van der Waals surface area contributed by atoms with Crippen LogP contribution in [-0.2, 0) is 4.74 Å². The quantitative estimate of drug-likeness (QED) is 0.179. The maximum atomic E-state index is 6.70. The molecule has 0 aliphatic carbocycles. The Balaban J connectivity index is 1.01. The molecule has 9 rings (SSSR count). The zero-order valence-corrected chi connectivity index (χ0v) is 24.5. The number of nitrogens with one attached hydrogen (secondary N) is 2. The van der Waals surface area contributed by atoms with Crippen LogP contribution in [0.4, 0.5) is 11.4 Å². The molecule has 2 bridgehead atoms. The van der Waals surface area contributed by atoms with Crippen LogP contribution in [0.1, 0.15) is 25.7 Å². The Labute approximate surface area is 255 Å². The fourth-order valence-corrected chi connectivity index (χ4v) is 7.25. The van der Waals surface area contributed by atoms with E-state index in [0.29, 0.717) is 12.1 Å². The Kier molecular flexibility index (Phi) is 6.16. The summed E-state index contributed by atoms with van der Waals surface area (Å²) < 4.78 is 12.5. The smallest absolute Gasteiger partial charge is 0.151 e. The second-order valence-corrected chi connectivity index (χ2v) is 12.4. The predicted molar refractivity (Wildman–Crippen MR) is 174 cm³/mol. The summed E-state index contributed by atoms with van der Waals surface area (Å²) in [5.41, 5.74) is 8.85. The van der Waals surface area contributed by atoms with E-state index in [1.165, 1.54) is 25.8 Å². The van der Waals surface area contributed by atoms with Gasteiger partial charge in [-0.15, -0.1) is 0 Å². The van der Waals surface area contributed by atoms with Gasteiger partial charge in [-0.1, -0.05) is 30.7 Å². The van der Waals surface area contributed by atoms with Crippen molar-refractivity contribution in [1.29, 1.82) is 0 Å². The number of ether oxygens (including phenoxy) is 2. The van der Waals surface area contributed by atoms with Crippen LogP contribution in [0.5, 0.6) is 11.5 Å². The minimum absolute atomic E-state index is 0.472. The van der Waals surface area contributed by atoms with E-state index in [1.807, 2.05) is 12.4 Å². The number of hydrogen-bond donors (Lipinski definition) is 2. The summed E-state index contributed by atoms with van der Waals surface area (Å²) in [7, 11) is 0. The number of anilines is 2. The van der Waals surface area contributed by atoms with E-state index in [-0.39, 0.29) is 0 Å². The molecular formula is C36H34N6O2. The van der Waals surface area contributed by atoms with Gasteiger partial charge < -0.3 is 14.4 Å². The van der Waals surface area contributed by atoms with Gasteiger partial charge in [-0.3, -0.25) is 15.1 Å². The molecule has 0 radical (unpaired) electrons. The van der Waals surface area contributed by atoms with E-state index in [0.717, 1.165) is 93.1 Å². The highest BCUT2D eigenvalue weighted by atomic mass is 16.5. The third-order valence-electron chi connectivity index (χ3n) is 9.61. The topological polar surface area (TPSA) is 82.3 Å². The van der Waals surface area contributed by atoms with E-state index in [4.69, 9.17) is 9.47 Å². The third-order valence-corrected chi connectivity index (χ3v) is 9.61. The number of aromatic nitrogens is 4. The lowest BCUT2D eigenvalue weighted by Crippen LogP contribution is -2.37. The van der Waals surface area contributed by atoms with Crippen molar-refractivity contribution in [2.75, 3.05) is 31.1 Å². The largest absolute Gasteiger partial charge is 0.453 e. The highest BCUT2D eigenvalue weighted by Crippen LogP contribution is 2.49. The molecule has 2 aromatic heterocycles. The van der Waals surface area contributed by atoms with Crippen molar-refractivity contribution in [2.45, 2.75) is 37.8 Å². The summed E-state index contributed by atoms with van der Waals surface area (Å²) in [5.74, 6) is 1.77. The number of nitrogens with zero attached hydrogens (tertiary/aromatic N) is 4. The van der Waals surface area contributed by atoms with Gasteiger partial charge in [-0.2, -0.15) is 10.2 Å². The molecule has 44 heavy (non-hydrogen) atoms. The van der Waals surface area contributed by atoms with Crippen LogP contribution < -0.4 is 9.64 Å². The van der Waals surface area contributed by atoms with Crippen LogP contribution in [-0.4, -0.2) is 63.7 Å². The number of likely N-dealkylation sites (tertiary alicyclic amines) is 1. The maximum Gasteiger partial charge on any atom is 0.151 e. The maximum absolute atomic E-state index is 6.70. The van der Waals surface area contributed by atoms with Crippen LogP contribution in [0.3, 0.4) is 0 Å². The van der Waals surface area contributed by atoms with Gasteiger partial charge in [0.15, 0.2) is 11.5 Å². The molecule has 2 atom stereocenters. The minimum atomic E-state index is 0.472. The molecule has 220 valence electrons. The molecule has 8 heteroatoms. The van der Waals surface area contributed by atoms with E-state index in [2.05, 4.69) is 103 Å². The zero-order valence-electron chi connectivity index (χ0n) is 24.5. The molecule has 3 aliphatic heterocycles. The lowest BCUT2D eigenvalue weighted by Gasteiger charge is -2.33. The first-order valence-corrected chi connectivity index (χ1v) is 15.7. The minimum Gasteiger partial charge on any atom is -0.453 e. The van der Waals surface area contributed by atoms with Crippen molar-refractivity contribution in [2.24, 2.45) is 0 Å². The monoisotopic (exact) mass is 582 g/mol. The van der Waals surface area contributed by atoms with Crippen molar-refractivity contribution in [3.63, 3.8) is 0 Å². The SMILES string of the molecule is c1cc2c(cc1-c1ccc3[nH]ncc3c1)Oc1cc(-c3ccc4[nH]ncc4c3)ccc1N2CCCCCN1C[C@@H]2C[C@H]1CO2. The summed E-state index contributed by atoms with van der Waals surface area (Å²) in [6.45, 7) is 4.15. The van der Waals surface area contributed by atoms with E-state index in [9.17, 15) is 0 Å². The van der Waals surface area contributed by atoms with Crippen molar-refractivity contribution in [3.05, 3.63) is 85.2 Å². The first-order chi connectivity index (χ1) is 21.7. The third kappa shape index (κ3) is 4.53. The first kappa shape index (κ1) is 25.8. The van der Waals surface area contributed by atoms with Gasteiger partial charge in [-0.05, 0) is 96.6 Å². The normalized spacial score (nSPS) is 19.0. The Morgan fingerprint density at radius 3 is 1.86 bits per heavy atom. The molecule has 0 saturated carbocycles.